The fourth-order valence-corrected chi connectivity index (χ4v) is 4.55. The molecule has 12 nitrogen and oxygen atoms in total. The Balaban J connectivity index is 1.85. The number of hydrogen-bond acceptors (Lipinski definition) is 8. The average Bonchev–Trinajstić information content (AvgIpc) is 3.37. The van der Waals surface area contributed by atoms with Crippen LogP contribution in [-0.4, -0.2) is 42.8 Å². The van der Waals surface area contributed by atoms with E-state index in [1.54, 1.807) is 72.8 Å². The Labute approximate surface area is 230 Å². The van der Waals surface area contributed by atoms with Crippen LogP contribution in [0.4, 0.5) is 5.69 Å². The zero-order valence-electron chi connectivity index (χ0n) is 21.8. The van der Waals surface area contributed by atoms with Crippen LogP contribution in [-0.2, 0) is 27.2 Å². The Bertz CT molecular complexity index is 1480. The van der Waals surface area contributed by atoms with Crippen molar-refractivity contribution in [2.24, 2.45) is 15.2 Å². The highest BCUT2D eigenvalue weighted by atomic mass is 16.5. The van der Waals surface area contributed by atoms with Crippen molar-refractivity contribution >= 4 is 17.6 Å². The number of ether oxygens (including phenoxy) is 3. The minimum atomic E-state index is -1.60. The molecule has 1 heterocycles. The Morgan fingerprint density at radius 1 is 1.05 bits per heavy atom. The molecule has 0 amide bonds. The summed E-state index contributed by atoms with van der Waals surface area (Å²) in [6.07, 6.45) is -0.450. The summed E-state index contributed by atoms with van der Waals surface area (Å²) in [6.45, 7) is 0.436. The summed E-state index contributed by atoms with van der Waals surface area (Å²) in [5, 5.41) is 16.5. The van der Waals surface area contributed by atoms with E-state index in [1.165, 1.54) is 7.11 Å². The summed E-state index contributed by atoms with van der Waals surface area (Å²) in [6, 6.07) is 21.1. The molecule has 0 saturated carbocycles. The molecule has 2 atom stereocenters. The normalized spacial score (nSPS) is 17.6. The Morgan fingerprint density at radius 3 is 2.48 bits per heavy atom. The van der Waals surface area contributed by atoms with Gasteiger partial charge in [-0.1, -0.05) is 58.8 Å². The van der Waals surface area contributed by atoms with Crippen molar-refractivity contribution in [3.63, 3.8) is 0 Å². The number of esters is 1. The van der Waals surface area contributed by atoms with Crippen LogP contribution < -0.4 is 4.74 Å². The molecular formula is C28H27N7O5. The lowest BCUT2D eigenvalue weighted by molar-refractivity contribution is -0.149. The standard InChI is InChI=1S/C28H27N7O5/c1-38-27(37)28(17-20-7-3-5-10-24(20)33-35-30)25(23-9-4-2-8-21(23)18-31-34-29)40-26(32-28)19-11-13-22(14-12-19)39-16-6-15-36/h2-5,7-14,25,36H,6,15-18H2,1H3/t25-,28-/m0/s1. The molecule has 3 aromatic rings. The molecule has 0 bridgehead atoms. The summed E-state index contributed by atoms with van der Waals surface area (Å²) >= 11 is 0. The number of carbonyl (C=O) groups excluding carboxylic acids is 1. The number of hydrogen-bond donors (Lipinski definition) is 1. The van der Waals surface area contributed by atoms with Crippen LogP contribution in [0.15, 0.2) is 88.0 Å². The maximum Gasteiger partial charge on any atom is 0.338 e. The van der Waals surface area contributed by atoms with Gasteiger partial charge >= 0.3 is 5.97 Å². The molecular weight excluding hydrogens is 514 g/mol. The highest BCUT2D eigenvalue weighted by Gasteiger charge is 2.55. The Hall–Kier alpha value is -5.02. The first-order valence-corrected chi connectivity index (χ1v) is 12.5. The molecule has 204 valence electrons. The van der Waals surface area contributed by atoms with E-state index >= 15 is 0 Å². The number of methoxy groups -OCH3 is 1. The number of aliphatic imine (C=N–C) groups is 1. The van der Waals surface area contributed by atoms with E-state index in [4.69, 9.17) is 35.4 Å². The SMILES string of the molecule is COC(=O)[C@@]1(Cc2ccccc2N=[N+]=[N-])N=C(c2ccc(OCCCO)cc2)O[C@H]1c1ccccc1CN=[N+]=[N-]. The van der Waals surface area contributed by atoms with E-state index in [0.717, 1.165) is 0 Å². The van der Waals surface area contributed by atoms with Gasteiger partial charge in [0.2, 0.25) is 11.4 Å². The summed E-state index contributed by atoms with van der Waals surface area (Å²) in [7, 11) is 1.28. The van der Waals surface area contributed by atoms with Gasteiger partial charge in [0.15, 0.2) is 6.10 Å². The fourth-order valence-electron chi connectivity index (χ4n) is 4.55. The van der Waals surface area contributed by atoms with Crippen LogP contribution in [0.1, 0.15) is 34.8 Å². The average molecular weight is 542 g/mol. The number of azide groups is 2. The third kappa shape index (κ3) is 6.00. The molecule has 40 heavy (non-hydrogen) atoms. The number of aliphatic hydroxyl groups is 1. The zero-order chi connectivity index (χ0) is 28.4. The predicted octanol–water partition coefficient (Wildman–Crippen LogP) is 5.87. The van der Waals surface area contributed by atoms with Gasteiger partial charge in [-0.3, -0.25) is 0 Å². The molecule has 0 aromatic heterocycles. The largest absolute Gasteiger partial charge is 0.494 e. The Kier molecular flexibility index (Phi) is 9.22. The monoisotopic (exact) mass is 541 g/mol. The van der Waals surface area contributed by atoms with Crippen molar-refractivity contribution in [3.05, 3.63) is 116 Å². The van der Waals surface area contributed by atoms with Crippen molar-refractivity contribution in [1.29, 1.82) is 0 Å². The molecule has 3 aromatic carbocycles. The van der Waals surface area contributed by atoms with Crippen LogP contribution in [0, 0.1) is 0 Å². The molecule has 0 spiro atoms. The van der Waals surface area contributed by atoms with Crippen molar-refractivity contribution in [1.82, 2.24) is 0 Å². The van der Waals surface area contributed by atoms with Crippen molar-refractivity contribution in [3.8, 4) is 5.75 Å². The Morgan fingerprint density at radius 2 is 1.77 bits per heavy atom. The molecule has 0 fully saturated rings. The van der Waals surface area contributed by atoms with Crippen LogP contribution in [0.25, 0.3) is 20.9 Å². The smallest absolute Gasteiger partial charge is 0.338 e. The van der Waals surface area contributed by atoms with Crippen LogP contribution >= 0.6 is 0 Å². The lowest BCUT2D eigenvalue weighted by Crippen LogP contribution is -2.44. The van der Waals surface area contributed by atoms with E-state index in [-0.39, 0.29) is 25.5 Å². The molecule has 1 aliphatic heterocycles. The van der Waals surface area contributed by atoms with Gasteiger partial charge in [0.1, 0.15) is 5.75 Å². The summed E-state index contributed by atoms with van der Waals surface area (Å²) in [4.78, 5) is 24.3. The minimum Gasteiger partial charge on any atom is -0.494 e. The number of carbonyl (C=O) groups is 1. The van der Waals surface area contributed by atoms with Gasteiger partial charge in [0, 0.05) is 40.5 Å². The molecule has 4 rings (SSSR count). The van der Waals surface area contributed by atoms with Crippen molar-refractivity contribution < 1.29 is 24.1 Å². The third-order valence-electron chi connectivity index (χ3n) is 6.42. The summed E-state index contributed by atoms with van der Waals surface area (Å²) in [5.74, 6) is 0.164. The van der Waals surface area contributed by atoms with Gasteiger partial charge in [0.05, 0.1) is 20.3 Å². The highest BCUT2D eigenvalue weighted by Crippen LogP contribution is 2.45. The number of aliphatic hydroxyl groups excluding tert-OH is 1. The molecule has 1 aliphatic rings. The maximum atomic E-state index is 13.7. The molecule has 0 radical (unpaired) electrons. The fraction of sp³-hybridized carbons (Fsp3) is 0.286. The number of nitrogens with zero attached hydrogens (tertiary/aromatic N) is 7. The first kappa shape index (κ1) is 28.0. The molecule has 12 heteroatoms. The van der Waals surface area contributed by atoms with Gasteiger partial charge in [-0.25, -0.2) is 9.79 Å². The quantitative estimate of drug-likeness (QED) is 0.0989. The second-order valence-corrected chi connectivity index (χ2v) is 8.86. The highest BCUT2D eigenvalue weighted by molar-refractivity contribution is 6.00. The first-order valence-electron chi connectivity index (χ1n) is 12.5. The lowest BCUT2D eigenvalue weighted by Gasteiger charge is -2.30. The van der Waals surface area contributed by atoms with Gasteiger partial charge in [-0.2, -0.15) is 0 Å². The summed E-state index contributed by atoms with van der Waals surface area (Å²) in [5.41, 5.74) is 19.2. The molecule has 0 aliphatic carbocycles. The van der Waals surface area contributed by atoms with Crippen LogP contribution in [0.5, 0.6) is 5.75 Å². The van der Waals surface area contributed by atoms with E-state index in [0.29, 0.717) is 46.7 Å². The molecule has 0 saturated heterocycles. The predicted molar refractivity (Wildman–Crippen MR) is 147 cm³/mol. The van der Waals surface area contributed by atoms with Gasteiger partial charge < -0.3 is 19.3 Å². The van der Waals surface area contributed by atoms with Crippen LogP contribution in [0.3, 0.4) is 0 Å². The van der Waals surface area contributed by atoms with E-state index < -0.39 is 17.6 Å². The zero-order valence-corrected chi connectivity index (χ0v) is 21.8. The minimum absolute atomic E-state index is 0.00123. The summed E-state index contributed by atoms with van der Waals surface area (Å²) < 4.78 is 17.4. The van der Waals surface area contributed by atoms with Gasteiger partial charge in [-0.15, -0.1) is 0 Å². The van der Waals surface area contributed by atoms with Gasteiger partial charge in [-0.05, 0) is 52.0 Å². The topological polar surface area (TPSA) is 175 Å². The molecule has 0 unspecified atom stereocenters. The van der Waals surface area contributed by atoms with Crippen molar-refractivity contribution in [2.75, 3.05) is 20.3 Å². The van der Waals surface area contributed by atoms with Crippen LogP contribution in [0.2, 0.25) is 0 Å². The van der Waals surface area contributed by atoms with E-state index in [1.807, 2.05) is 0 Å². The van der Waals surface area contributed by atoms with E-state index in [9.17, 15) is 4.79 Å². The second-order valence-electron chi connectivity index (χ2n) is 8.86. The maximum absolute atomic E-state index is 13.7. The lowest BCUT2D eigenvalue weighted by atomic mass is 9.81. The van der Waals surface area contributed by atoms with Gasteiger partial charge in [0.25, 0.3) is 0 Å². The number of benzene rings is 3. The number of rotatable bonds is 12. The second kappa shape index (κ2) is 13.2. The first-order chi connectivity index (χ1) is 19.6. The van der Waals surface area contributed by atoms with Crippen molar-refractivity contribution in [2.45, 2.75) is 31.0 Å². The van der Waals surface area contributed by atoms with E-state index in [2.05, 4.69) is 20.1 Å². The third-order valence-corrected chi connectivity index (χ3v) is 6.42. The molecule has 1 N–H and O–H groups in total.